The van der Waals surface area contributed by atoms with Crippen LogP contribution < -0.4 is 5.32 Å². The Kier molecular flexibility index (Phi) is 4.81. The molecule has 1 atom stereocenters. The molecule has 0 aliphatic rings. The number of aromatic nitrogens is 4. The smallest absolute Gasteiger partial charge is 0.224 e. The molecule has 1 N–H and O–H groups in total. The molecule has 0 radical (unpaired) electrons. The summed E-state index contributed by atoms with van der Waals surface area (Å²) >= 11 is 0. The molecule has 0 aliphatic carbocycles. The molecule has 6 nitrogen and oxygen atoms in total. The monoisotopic (exact) mass is 273 g/mol. The van der Waals surface area contributed by atoms with Crippen LogP contribution in [-0.4, -0.2) is 31.9 Å². The van der Waals surface area contributed by atoms with Crippen molar-refractivity contribution in [3.8, 4) is 0 Å². The zero-order valence-electron chi connectivity index (χ0n) is 11.7. The molecule has 0 saturated carbocycles. The molecule has 2 heterocycles. The number of hydrogen-bond acceptors (Lipinski definition) is 4. The first-order valence-corrected chi connectivity index (χ1v) is 6.67. The first-order chi connectivity index (χ1) is 9.65. The molecule has 1 unspecified atom stereocenters. The minimum atomic E-state index is -0.0103. The van der Waals surface area contributed by atoms with Crippen LogP contribution >= 0.6 is 0 Å². The van der Waals surface area contributed by atoms with Crippen molar-refractivity contribution in [3.63, 3.8) is 0 Å². The van der Waals surface area contributed by atoms with Gasteiger partial charge in [-0.05, 0) is 17.5 Å². The van der Waals surface area contributed by atoms with E-state index in [0.29, 0.717) is 18.9 Å². The van der Waals surface area contributed by atoms with Gasteiger partial charge in [-0.2, -0.15) is 15.0 Å². The fourth-order valence-electron chi connectivity index (χ4n) is 1.88. The number of pyridine rings is 1. The van der Waals surface area contributed by atoms with Gasteiger partial charge in [-0.1, -0.05) is 19.9 Å². The summed E-state index contributed by atoms with van der Waals surface area (Å²) in [5.41, 5.74) is 0.907. The van der Waals surface area contributed by atoms with Crippen LogP contribution in [0.3, 0.4) is 0 Å². The maximum absolute atomic E-state index is 12.1. The van der Waals surface area contributed by atoms with Crippen LogP contribution in [0.2, 0.25) is 0 Å². The molecule has 20 heavy (non-hydrogen) atoms. The normalized spacial score (nSPS) is 12.3. The van der Waals surface area contributed by atoms with E-state index in [9.17, 15) is 4.79 Å². The van der Waals surface area contributed by atoms with E-state index >= 15 is 0 Å². The van der Waals surface area contributed by atoms with Gasteiger partial charge in [0.2, 0.25) is 5.91 Å². The van der Waals surface area contributed by atoms with Crippen molar-refractivity contribution < 1.29 is 4.79 Å². The lowest BCUT2D eigenvalue weighted by molar-refractivity contribution is -0.121. The molecule has 1 amide bonds. The predicted octanol–water partition coefficient (Wildman–Crippen LogP) is 1.06. The predicted molar refractivity (Wildman–Crippen MR) is 74.7 cm³/mol. The van der Waals surface area contributed by atoms with Gasteiger partial charge in [0.15, 0.2) is 0 Å². The fraction of sp³-hybridized carbons (Fsp3) is 0.429. The van der Waals surface area contributed by atoms with Gasteiger partial charge < -0.3 is 5.32 Å². The van der Waals surface area contributed by atoms with E-state index in [4.69, 9.17) is 0 Å². The number of hydrogen-bond donors (Lipinski definition) is 1. The highest BCUT2D eigenvalue weighted by atomic mass is 16.1. The Bertz CT molecular complexity index is 524. The highest BCUT2D eigenvalue weighted by molar-refractivity contribution is 5.78. The molecule has 2 aromatic heterocycles. The highest BCUT2D eigenvalue weighted by Gasteiger charge is 2.17. The molecule has 2 aromatic rings. The van der Waals surface area contributed by atoms with E-state index in [0.717, 1.165) is 5.56 Å². The van der Waals surface area contributed by atoms with Crippen LogP contribution in [0.25, 0.3) is 0 Å². The molecule has 0 saturated heterocycles. The third-order valence-electron chi connectivity index (χ3n) is 3.07. The first kappa shape index (κ1) is 14.2. The lowest BCUT2D eigenvalue weighted by atomic mass is 10.0. The Morgan fingerprint density at radius 1 is 1.30 bits per heavy atom. The zero-order valence-corrected chi connectivity index (χ0v) is 11.7. The van der Waals surface area contributed by atoms with Gasteiger partial charge in [-0.3, -0.25) is 9.78 Å². The van der Waals surface area contributed by atoms with E-state index in [1.54, 1.807) is 29.6 Å². The Balaban J connectivity index is 1.92. The first-order valence-electron chi connectivity index (χ1n) is 6.67. The van der Waals surface area contributed by atoms with Crippen LogP contribution in [0.5, 0.6) is 0 Å². The lowest BCUT2D eigenvalue weighted by Gasteiger charge is -2.21. The average molecular weight is 273 g/mol. The topological polar surface area (TPSA) is 72.7 Å². The number of nitrogens with one attached hydrogen (secondary N) is 1. The lowest BCUT2D eigenvalue weighted by Crippen LogP contribution is -2.42. The Labute approximate surface area is 118 Å². The van der Waals surface area contributed by atoms with Gasteiger partial charge in [0.05, 0.1) is 31.4 Å². The van der Waals surface area contributed by atoms with Crippen LogP contribution in [0.1, 0.15) is 19.4 Å². The second-order valence-corrected chi connectivity index (χ2v) is 5.04. The SMILES string of the molecule is CC(C)C(Cn1nccn1)NC(=O)Cc1cccnc1. The number of nitrogens with zero attached hydrogens (tertiary/aromatic N) is 4. The van der Waals surface area contributed by atoms with Crippen molar-refractivity contribution in [3.05, 3.63) is 42.5 Å². The molecule has 0 bridgehead atoms. The largest absolute Gasteiger partial charge is 0.351 e. The van der Waals surface area contributed by atoms with Gasteiger partial charge in [0, 0.05) is 12.4 Å². The van der Waals surface area contributed by atoms with Gasteiger partial charge >= 0.3 is 0 Å². The van der Waals surface area contributed by atoms with Crippen molar-refractivity contribution in [2.75, 3.05) is 0 Å². The summed E-state index contributed by atoms with van der Waals surface area (Å²) in [6.45, 7) is 4.71. The molecule has 2 rings (SSSR count). The summed E-state index contributed by atoms with van der Waals surface area (Å²) < 4.78 is 0. The number of rotatable bonds is 6. The van der Waals surface area contributed by atoms with Crippen LogP contribution in [0, 0.1) is 5.92 Å². The summed E-state index contributed by atoms with van der Waals surface area (Å²) in [6.07, 6.45) is 7.01. The summed E-state index contributed by atoms with van der Waals surface area (Å²) in [7, 11) is 0. The van der Waals surface area contributed by atoms with Crippen molar-refractivity contribution >= 4 is 5.91 Å². The molecule has 0 fully saturated rings. The van der Waals surface area contributed by atoms with E-state index in [-0.39, 0.29) is 11.9 Å². The second-order valence-electron chi connectivity index (χ2n) is 5.04. The molecule has 6 heteroatoms. The maximum atomic E-state index is 12.1. The maximum Gasteiger partial charge on any atom is 0.224 e. The fourth-order valence-corrected chi connectivity index (χ4v) is 1.88. The van der Waals surface area contributed by atoms with Crippen molar-refractivity contribution in [2.45, 2.75) is 32.9 Å². The zero-order chi connectivity index (χ0) is 14.4. The van der Waals surface area contributed by atoms with Gasteiger partial charge in [0.1, 0.15) is 0 Å². The van der Waals surface area contributed by atoms with E-state index < -0.39 is 0 Å². The molecular formula is C14H19N5O. The van der Waals surface area contributed by atoms with Gasteiger partial charge in [0.25, 0.3) is 0 Å². The molecule has 0 aliphatic heterocycles. The second kappa shape index (κ2) is 6.79. The van der Waals surface area contributed by atoms with E-state index in [2.05, 4.69) is 34.3 Å². The molecule has 106 valence electrons. The van der Waals surface area contributed by atoms with Crippen molar-refractivity contribution in [1.82, 2.24) is 25.3 Å². The van der Waals surface area contributed by atoms with Crippen LogP contribution in [-0.2, 0) is 17.8 Å². The van der Waals surface area contributed by atoms with E-state index in [1.807, 2.05) is 12.1 Å². The summed E-state index contributed by atoms with van der Waals surface area (Å²) in [5, 5.41) is 11.2. The van der Waals surface area contributed by atoms with Gasteiger partial charge in [-0.15, -0.1) is 0 Å². The quantitative estimate of drug-likeness (QED) is 0.854. The minimum absolute atomic E-state index is 0.00608. The Morgan fingerprint density at radius 2 is 2.05 bits per heavy atom. The molecule has 0 aromatic carbocycles. The Hall–Kier alpha value is -2.24. The van der Waals surface area contributed by atoms with Crippen LogP contribution in [0.4, 0.5) is 0 Å². The number of carbonyl (C=O) groups is 1. The average Bonchev–Trinajstić information content (AvgIpc) is 2.92. The summed E-state index contributed by atoms with van der Waals surface area (Å²) in [4.78, 5) is 17.7. The van der Waals surface area contributed by atoms with Crippen molar-refractivity contribution in [2.24, 2.45) is 5.92 Å². The summed E-state index contributed by atoms with van der Waals surface area (Å²) in [6, 6.07) is 3.73. The standard InChI is InChI=1S/C14H19N5O/c1-11(2)13(10-19-16-6-7-17-19)18-14(20)8-12-4-3-5-15-9-12/h3-7,9,11,13H,8,10H2,1-2H3,(H,18,20). The van der Waals surface area contributed by atoms with Crippen molar-refractivity contribution in [1.29, 1.82) is 0 Å². The Morgan fingerprint density at radius 3 is 2.65 bits per heavy atom. The van der Waals surface area contributed by atoms with Gasteiger partial charge in [-0.25, -0.2) is 0 Å². The number of carbonyl (C=O) groups excluding carboxylic acids is 1. The third kappa shape index (κ3) is 4.15. The van der Waals surface area contributed by atoms with E-state index in [1.165, 1.54) is 0 Å². The summed E-state index contributed by atoms with van der Waals surface area (Å²) in [5.74, 6) is 0.294. The number of amides is 1. The minimum Gasteiger partial charge on any atom is -0.351 e. The molecule has 0 spiro atoms. The third-order valence-corrected chi connectivity index (χ3v) is 3.07. The highest BCUT2D eigenvalue weighted by Crippen LogP contribution is 2.05. The van der Waals surface area contributed by atoms with Crippen LogP contribution in [0.15, 0.2) is 36.9 Å². The molecular weight excluding hydrogens is 254 g/mol.